The van der Waals surface area contributed by atoms with Crippen molar-refractivity contribution < 1.29 is 0 Å². The van der Waals surface area contributed by atoms with Gasteiger partial charge in [0.1, 0.15) is 0 Å². The van der Waals surface area contributed by atoms with Gasteiger partial charge in [-0.2, -0.15) is 0 Å². The number of nitrogens with zero attached hydrogens (tertiary/aromatic N) is 1. The second-order valence-corrected chi connectivity index (χ2v) is 5.45. The van der Waals surface area contributed by atoms with Crippen LogP contribution in [0.2, 0.25) is 5.02 Å². The molecule has 0 saturated heterocycles. The first-order valence-electron chi connectivity index (χ1n) is 6.78. The maximum atomic E-state index is 5.98. The summed E-state index contributed by atoms with van der Waals surface area (Å²) in [7, 11) is 2.15. The smallest absolute Gasteiger partial charge is 0.0409 e. The minimum atomic E-state index is 0.620. The Kier molecular flexibility index (Phi) is 7.33. The van der Waals surface area contributed by atoms with Crippen molar-refractivity contribution in [2.75, 3.05) is 20.1 Å². The fraction of sp³-hybridized carbons (Fsp3) is 0.600. The molecule has 1 rings (SSSR count). The summed E-state index contributed by atoms with van der Waals surface area (Å²) in [4.78, 5) is 2.32. The standard InChI is InChI=1S/C15H25ClN2/c1-4-6-13(2)17-9-10-18(3)12-14-7-5-8-15(16)11-14/h5,7-8,11,13,17H,4,6,9-10,12H2,1-3H3. The largest absolute Gasteiger partial charge is 0.313 e. The van der Waals surface area contributed by atoms with Gasteiger partial charge < -0.3 is 10.2 Å². The zero-order valence-corrected chi connectivity index (χ0v) is 12.5. The Hall–Kier alpha value is -0.570. The maximum absolute atomic E-state index is 5.98. The predicted octanol–water partition coefficient (Wildman–Crippen LogP) is 3.55. The van der Waals surface area contributed by atoms with Crippen molar-refractivity contribution in [1.82, 2.24) is 10.2 Å². The second kappa shape index (κ2) is 8.52. The van der Waals surface area contributed by atoms with Crippen molar-refractivity contribution in [3.8, 4) is 0 Å². The van der Waals surface area contributed by atoms with Gasteiger partial charge in [0, 0.05) is 30.7 Å². The van der Waals surface area contributed by atoms with Crippen molar-refractivity contribution in [2.45, 2.75) is 39.3 Å². The second-order valence-electron chi connectivity index (χ2n) is 5.01. The van der Waals surface area contributed by atoms with E-state index in [4.69, 9.17) is 11.6 Å². The first-order chi connectivity index (χ1) is 8.61. The van der Waals surface area contributed by atoms with E-state index in [0.717, 1.165) is 24.7 Å². The van der Waals surface area contributed by atoms with Gasteiger partial charge in [0.2, 0.25) is 0 Å². The lowest BCUT2D eigenvalue weighted by Gasteiger charge is -2.19. The minimum Gasteiger partial charge on any atom is -0.313 e. The minimum absolute atomic E-state index is 0.620. The van der Waals surface area contributed by atoms with Gasteiger partial charge in [0.05, 0.1) is 0 Å². The van der Waals surface area contributed by atoms with E-state index in [0.29, 0.717) is 6.04 Å². The molecule has 102 valence electrons. The third kappa shape index (κ3) is 6.39. The fourth-order valence-corrected chi connectivity index (χ4v) is 2.28. The molecule has 0 fully saturated rings. The van der Waals surface area contributed by atoms with E-state index >= 15 is 0 Å². The highest BCUT2D eigenvalue weighted by Gasteiger charge is 2.03. The van der Waals surface area contributed by atoms with E-state index in [1.54, 1.807) is 0 Å². The molecule has 0 aliphatic carbocycles. The highest BCUT2D eigenvalue weighted by molar-refractivity contribution is 6.30. The van der Waals surface area contributed by atoms with E-state index in [2.05, 4.69) is 37.2 Å². The Morgan fingerprint density at radius 3 is 2.83 bits per heavy atom. The number of halogens is 1. The molecular formula is C15H25ClN2. The summed E-state index contributed by atoms with van der Waals surface area (Å²) in [6.07, 6.45) is 2.49. The van der Waals surface area contributed by atoms with Crippen LogP contribution in [-0.4, -0.2) is 31.1 Å². The van der Waals surface area contributed by atoms with Crippen LogP contribution in [0, 0.1) is 0 Å². The number of benzene rings is 1. The summed E-state index contributed by atoms with van der Waals surface area (Å²) in [6, 6.07) is 8.70. The van der Waals surface area contributed by atoms with Crippen molar-refractivity contribution >= 4 is 11.6 Å². The van der Waals surface area contributed by atoms with Crippen LogP contribution in [0.15, 0.2) is 24.3 Å². The van der Waals surface area contributed by atoms with E-state index in [-0.39, 0.29) is 0 Å². The van der Waals surface area contributed by atoms with E-state index in [1.165, 1.54) is 18.4 Å². The molecule has 0 amide bonds. The van der Waals surface area contributed by atoms with Crippen LogP contribution >= 0.6 is 11.6 Å². The third-order valence-electron chi connectivity index (χ3n) is 3.05. The lowest BCUT2D eigenvalue weighted by Crippen LogP contribution is -2.34. The summed E-state index contributed by atoms with van der Waals surface area (Å²) in [5.74, 6) is 0. The van der Waals surface area contributed by atoms with Crippen LogP contribution in [-0.2, 0) is 6.54 Å². The summed E-state index contributed by atoms with van der Waals surface area (Å²) in [6.45, 7) is 7.52. The first-order valence-corrected chi connectivity index (χ1v) is 7.16. The van der Waals surface area contributed by atoms with E-state index in [1.807, 2.05) is 18.2 Å². The van der Waals surface area contributed by atoms with Gasteiger partial charge in [0.25, 0.3) is 0 Å². The Labute approximate surface area is 116 Å². The molecule has 0 heterocycles. The molecule has 18 heavy (non-hydrogen) atoms. The van der Waals surface area contributed by atoms with Gasteiger partial charge in [-0.3, -0.25) is 0 Å². The van der Waals surface area contributed by atoms with Gasteiger partial charge in [-0.1, -0.05) is 37.1 Å². The lowest BCUT2D eigenvalue weighted by atomic mass is 10.2. The molecular weight excluding hydrogens is 244 g/mol. The summed E-state index contributed by atoms with van der Waals surface area (Å²) >= 11 is 5.98. The Morgan fingerprint density at radius 2 is 2.17 bits per heavy atom. The Bertz CT molecular complexity index is 341. The zero-order chi connectivity index (χ0) is 13.4. The molecule has 1 aromatic carbocycles. The zero-order valence-electron chi connectivity index (χ0n) is 11.7. The van der Waals surface area contributed by atoms with Gasteiger partial charge >= 0.3 is 0 Å². The van der Waals surface area contributed by atoms with Crippen LogP contribution in [0.4, 0.5) is 0 Å². The topological polar surface area (TPSA) is 15.3 Å². The molecule has 0 aliphatic rings. The van der Waals surface area contributed by atoms with Gasteiger partial charge in [0.15, 0.2) is 0 Å². The highest BCUT2D eigenvalue weighted by Crippen LogP contribution is 2.11. The molecule has 0 spiro atoms. The Morgan fingerprint density at radius 1 is 1.39 bits per heavy atom. The van der Waals surface area contributed by atoms with Crippen LogP contribution in [0.5, 0.6) is 0 Å². The van der Waals surface area contributed by atoms with Crippen molar-refractivity contribution in [3.05, 3.63) is 34.9 Å². The average molecular weight is 269 g/mol. The van der Waals surface area contributed by atoms with Gasteiger partial charge in [-0.05, 0) is 38.1 Å². The fourth-order valence-electron chi connectivity index (χ4n) is 2.06. The average Bonchev–Trinajstić information content (AvgIpc) is 2.29. The molecule has 0 saturated carbocycles. The summed E-state index contributed by atoms with van der Waals surface area (Å²) in [5.41, 5.74) is 1.27. The molecule has 1 atom stereocenters. The molecule has 1 aromatic rings. The summed E-state index contributed by atoms with van der Waals surface area (Å²) < 4.78 is 0. The highest BCUT2D eigenvalue weighted by atomic mass is 35.5. The Balaban J connectivity index is 2.23. The molecule has 0 bridgehead atoms. The third-order valence-corrected chi connectivity index (χ3v) is 3.28. The van der Waals surface area contributed by atoms with Crippen molar-refractivity contribution in [1.29, 1.82) is 0 Å². The van der Waals surface area contributed by atoms with E-state index in [9.17, 15) is 0 Å². The number of hydrogen-bond donors (Lipinski definition) is 1. The molecule has 1 N–H and O–H groups in total. The number of hydrogen-bond acceptors (Lipinski definition) is 2. The summed E-state index contributed by atoms with van der Waals surface area (Å²) in [5, 5.41) is 4.36. The maximum Gasteiger partial charge on any atom is 0.0409 e. The number of rotatable bonds is 8. The normalized spacial score (nSPS) is 12.9. The molecule has 0 aromatic heterocycles. The molecule has 2 nitrogen and oxygen atoms in total. The van der Waals surface area contributed by atoms with Crippen LogP contribution in [0.3, 0.4) is 0 Å². The quantitative estimate of drug-likeness (QED) is 0.776. The van der Waals surface area contributed by atoms with Gasteiger partial charge in [-0.25, -0.2) is 0 Å². The molecule has 0 aliphatic heterocycles. The van der Waals surface area contributed by atoms with Crippen LogP contribution in [0.1, 0.15) is 32.3 Å². The van der Waals surface area contributed by atoms with Crippen LogP contribution in [0.25, 0.3) is 0 Å². The molecule has 3 heteroatoms. The molecule has 1 unspecified atom stereocenters. The van der Waals surface area contributed by atoms with E-state index < -0.39 is 0 Å². The van der Waals surface area contributed by atoms with Crippen LogP contribution < -0.4 is 5.32 Å². The van der Waals surface area contributed by atoms with Gasteiger partial charge in [-0.15, -0.1) is 0 Å². The lowest BCUT2D eigenvalue weighted by molar-refractivity contribution is 0.316. The van der Waals surface area contributed by atoms with Crippen molar-refractivity contribution in [2.24, 2.45) is 0 Å². The first kappa shape index (κ1) is 15.5. The predicted molar refractivity (Wildman–Crippen MR) is 80.2 cm³/mol. The number of likely N-dealkylation sites (N-methyl/N-ethyl adjacent to an activating group) is 1. The monoisotopic (exact) mass is 268 g/mol. The molecule has 0 radical (unpaired) electrons. The van der Waals surface area contributed by atoms with Crippen molar-refractivity contribution in [3.63, 3.8) is 0 Å². The number of nitrogens with one attached hydrogen (secondary N) is 1. The SMILES string of the molecule is CCCC(C)NCCN(C)Cc1cccc(Cl)c1.